The Morgan fingerprint density at radius 2 is 1.84 bits per heavy atom. The molecule has 1 aromatic heterocycles. The zero-order chi connectivity index (χ0) is 21.6. The highest BCUT2D eigenvalue weighted by molar-refractivity contribution is 5.96. The van der Waals surface area contributed by atoms with E-state index in [0.29, 0.717) is 19.5 Å². The van der Waals surface area contributed by atoms with Crippen molar-refractivity contribution in [2.45, 2.75) is 51.6 Å². The minimum absolute atomic E-state index is 0.0822. The summed E-state index contributed by atoms with van der Waals surface area (Å²) >= 11 is 0. The third-order valence-electron chi connectivity index (χ3n) is 6.62. The molecule has 0 radical (unpaired) electrons. The van der Waals surface area contributed by atoms with Crippen LogP contribution in [0.25, 0.3) is 0 Å². The van der Waals surface area contributed by atoms with Crippen molar-refractivity contribution in [1.82, 2.24) is 15.1 Å². The molecule has 31 heavy (non-hydrogen) atoms. The summed E-state index contributed by atoms with van der Waals surface area (Å²) in [5, 5.41) is 3.08. The number of benzene rings is 1. The third kappa shape index (κ3) is 5.37. The van der Waals surface area contributed by atoms with E-state index in [9.17, 15) is 9.59 Å². The predicted molar refractivity (Wildman–Crippen MR) is 120 cm³/mol. The first-order valence-electron chi connectivity index (χ1n) is 11.5. The van der Waals surface area contributed by atoms with E-state index >= 15 is 0 Å². The monoisotopic (exact) mass is 423 g/mol. The largest absolute Gasteiger partial charge is 0.459 e. The Morgan fingerprint density at radius 1 is 1.06 bits per heavy atom. The number of carbonyl (C=O) groups excluding carboxylic acids is 2. The molecule has 6 nitrogen and oxygen atoms in total. The lowest BCUT2D eigenvalue weighted by Crippen LogP contribution is -2.52. The second kappa shape index (κ2) is 10.1. The van der Waals surface area contributed by atoms with Crippen LogP contribution in [-0.2, 0) is 17.8 Å². The summed E-state index contributed by atoms with van der Waals surface area (Å²) < 4.78 is 5.31. The van der Waals surface area contributed by atoms with E-state index in [4.69, 9.17) is 4.42 Å². The number of nitrogens with zero attached hydrogens (tertiary/aromatic N) is 2. The maximum absolute atomic E-state index is 13.0. The van der Waals surface area contributed by atoms with Gasteiger partial charge >= 0.3 is 0 Å². The molecule has 1 aromatic carbocycles. The van der Waals surface area contributed by atoms with Gasteiger partial charge in [-0.25, -0.2) is 0 Å². The second-order valence-electron chi connectivity index (χ2n) is 8.92. The van der Waals surface area contributed by atoms with Crippen molar-refractivity contribution in [3.8, 4) is 0 Å². The van der Waals surface area contributed by atoms with E-state index in [1.165, 1.54) is 32.2 Å². The molecule has 2 aliphatic rings. The molecule has 1 saturated heterocycles. The SMILES string of the molecule is CC1CCN(CCCCNC(=O)C2Cc3ccccc3CN2C(=O)c2ccco2)CC1. The number of furan rings is 1. The fourth-order valence-corrected chi connectivity index (χ4v) is 4.59. The quantitative estimate of drug-likeness (QED) is 0.693. The summed E-state index contributed by atoms with van der Waals surface area (Å²) in [4.78, 5) is 30.2. The Labute approximate surface area is 184 Å². The van der Waals surface area contributed by atoms with Gasteiger partial charge in [-0.3, -0.25) is 9.59 Å². The number of hydrogen-bond acceptors (Lipinski definition) is 4. The molecular formula is C25H33N3O3. The van der Waals surface area contributed by atoms with Crippen molar-refractivity contribution in [3.05, 3.63) is 59.5 Å². The summed E-state index contributed by atoms with van der Waals surface area (Å²) in [6.45, 7) is 6.88. The zero-order valence-corrected chi connectivity index (χ0v) is 18.4. The van der Waals surface area contributed by atoms with E-state index in [1.54, 1.807) is 17.0 Å². The number of likely N-dealkylation sites (tertiary alicyclic amines) is 1. The van der Waals surface area contributed by atoms with Gasteiger partial charge in [-0.05, 0) is 74.5 Å². The van der Waals surface area contributed by atoms with Crippen LogP contribution in [0.3, 0.4) is 0 Å². The van der Waals surface area contributed by atoms with Gasteiger partial charge in [0.15, 0.2) is 5.76 Å². The Hall–Kier alpha value is -2.60. The number of piperidine rings is 1. The molecule has 0 saturated carbocycles. The van der Waals surface area contributed by atoms with E-state index in [-0.39, 0.29) is 17.6 Å². The molecule has 0 aliphatic carbocycles. The molecule has 4 rings (SSSR count). The minimum atomic E-state index is -0.518. The molecule has 2 aromatic rings. The van der Waals surface area contributed by atoms with Crippen LogP contribution in [0.2, 0.25) is 0 Å². The van der Waals surface area contributed by atoms with Gasteiger partial charge in [0.05, 0.1) is 6.26 Å². The van der Waals surface area contributed by atoms with E-state index < -0.39 is 6.04 Å². The first-order valence-corrected chi connectivity index (χ1v) is 11.5. The topological polar surface area (TPSA) is 65.8 Å². The highest BCUT2D eigenvalue weighted by Crippen LogP contribution is 2.25. The number of amides is 2. The average Bonchev–Trinajstić information content (AvgIpc) is 3.33. The van der Waals surface area contributed by atoms with Crippen LogP contribution in [0.15, 0.2) is 47.1 Å². The van der Waals surface area contributed by atoms with E-state index in [0.717, 1.165) is 36.4 Å². The Bertz CT molecular complexity index is 872. The standard InChI is InChI=1S/C25H33N3O3/c1-19-10-14-27(15-11-19)13-5-4-12-26-24(29)22-17-20-7-2-3-8-21(20)18-28(22)25(30)23-9-6-16-31-23/h2-3,6-9,16,19,22H,4-5,10-15,17-18H2,1H3,(H,26,29). The van der Waals surface area contributed by atoms with Crippen molar-refractivity contribution in [1.29, 1.82) is 0 Å². The average molecular weight is 424 g/mol. The number of unbranched alkanes of at least 4 members (excludes halogenated alkanes) is 1. The van der Waals surface area contributed by atoms with Crippen LogP contribution in [0, 0.1) is 5.92 Å². The molecule has 1 fully saturated rings. The molecule has 166 valence electrons. The Morgan fingerprint density at radius 3 is 2.58 bits per heavy atom. The molecule has 6 heteroatoms. The highest BCUT2D eigenvalue weighted by atomic mass is 16.3. The maximum Gasteiger partial charge on any atom is 0.290 e. The summed E-state index contributed by atoms with van der Waals surface area (Å²) in [5.74, 6) is 0.802. The smallest absolute Gasteiger partial charge is 0.290 e. The van der Waals surface area contributed by atoms with Crippen molar-refractivity contribution in [3.63, 3.8) is 0 Å². The van der Waals surface area contributed by atoms with E-state index in [1.807, 2.05) is 24.3 Å². The van der Waals surface area contributed by atoms with Gasteiger partial charge in [-0.15, -0.1) is 0 Å². The van der Waals surface area contributed by atoms with Crippen molar-refractivity contribution in [2.75, 3.05) is 26.2 Å². The fraction of sp³-hybridized carbons (Fsp3) is 0.520. The van der Waals surface area contributed by atoms with E-state index in [2.05, 4.69) is 17.1 Å². The van der Waals surface area contributed by atoms with Crippen LogP contribution >= 0.6 is 0 Å². The molecule has 1 unspecified atom stereocenters. The van der Waals surface area contributed by atoms with Crippen molar-refractivity contribution < 1.29 is 14.0 Å². The zero-order valence-electron chi connectivity index (χ0n) is 18.4. The van der Waals surface area contributed by atoms with Crippen LogP contribution in [0.4, 0.5) is 0 Å². The number of hydrogen-bond donors (Lipinski definition) is 1. The second-order valence-corrected chi connectivity index (χ2v) is 8.92. The van der Waals surface area contributed by atoms with Crippen LogP contribution in [0.5, 0.6) is 0 Å². The summed E-state index contributed by atoms with van der Waals surface area (Å²) in [7, 11) is 0. The molecular weight excluding hydrogens is 390 g/mol. The van der Waals surface area contributed by atoms with Gasteiger partial charge in [0, 0.05) is 19.5 Å². The van der Waals surface area contributed by atoms with Gasteiger partial charge in [0.25, 0.3) is 5.91 Å². The molecule has 1 atom stereocenters. The molecule has 3 heterocycles. The van der Waals surface area contributed by atoms with Gasteiger partial charge in [0.1, 0.15) is 6.04 Å². The van der Waals surface area contributed by atoms with Crippen LogP contribution < -0.4 is 5.32 Å². The molecule has 2 aliphatic heterocycles. The van der Waals surface area contributed by atoms with Gasteiger partial charge in [0.2, 0.25) is 5.91 Å². The van der Waals surface area contributed by atoms with Gasteiger partial charge in [-0.2, -0.15) is 0 Å². The van der Waals surface area contributed by atoms with Gasteiger partial charge in [-0.1, -0.05) is 31.2 Å². The number of fused-ring (bicyclic) bond motifs is 1. The van der Waals surface area contributed by atoms with Crippen molar-refractivity contribution >= 4 is 11.8 Å². The lowest BCUT2D eigenvalue weighted by Gasteiger charge is -2.35. The first kappa shape index (κ1) is 21.6. The lowest BCUT2D eigenvalue weighted by atomic mass is 9.93. The minimum Gasteiger partial charge on any atom is -0.459 e. The Balaban J connectivity index is 1.32. The summed E-state index contributed by atoms with van der Waals surface area (Å²) in [6, 6.07) is 10.9. The molecule has 2 amide bonds. The van der Waals surface area contributed by atoms with Gasteiger partial charge < -0.3 is 19.5 Å². The fourth-order valence-electron chi connectivity index (χ4n) is 4.59. The first-order chi connectivity index (χ1) is 15.1. The maximum atomic E-state index is 13.0. The molecule has 0 spiro atoms. The predicted octanol–water partition coefficient (Wildman–Crippen LogP) is 3.48. The Kier molecular flexibility index (Phi) is 7.07. The number of carbonyl (C=O) groups is 2. The lowest BCUT2D eigenvalue weighted by molar-refractivity contribution is -0.126. The number of nitrogens with one attached hydrogen (secondary N) is 1. The van der Waals surface area contributed by atoms with Crippen LogP contribution in [-0.4, -0.2) is 53.8 Å². The number of rotatable bonds is 7. The van der Waals surface area contributed by atoms with Crippen LogP contribution in [0.1, 0.15) is 54.3 Å². The normalized spacial score (nSPS) is 19.8. The molecule has 1 N–H and O–H groups in total. The summed E-state index contributed by atoms with van der Waals surface area (Å²) in [6.07, 6.45) is 6.63. The third-order valence-corrected chi connectivity index (χ3v) is 6.62. The molecule has 0 bridgehead atoms. The van der Waals surface area contributed by atoms with Crippen molar-refractivity contribution in [2.24, 2.45) is 5.92 Å². The highest BCUT2D eigenvalue weighted by Gasteiger charge is 2.35. The summed E-state index contributed by atoms with van der Waals surface area (Å²) in [5.41, 5.74) is 2.22.